The molecule has 0 radical (unpaired) electrons. The van der Waals surface area contributed by atoms with Crippen molar-refractivity contribution in [1.29, 1.82) is 0 Å². The van der Waals surface area contributed by atoms with Crippen molar-refractivity contribution in [1.82, 2.24) is 0 Å². The van der Waals surface area contributed by atoms with Crippen LogP contribution in [0.2, 0.25) is 4.34 Å². The van der Waals surface area contributed by atoms with Crippen molar-refractivity contribution in [2.75, 3.05) is 0 Å². The van der Waals surface area contributed by atoms with Gasteiger partial charge in [0.15, 0.2) is 11.1 Å². The molecule has 0 N–H and O–H groups in total. The third-order valence-electron chi connectivity index (χ3n) is 0.993. The van der Waals surface area contributed by atoms with E-state index >= 15 is 0 Å². The zero-order valence-corrected chi connectivity index (χ0v) is 9.13. The molecule has 0 unspecified atom stereocenters. The maximum Gasteiger partial charge on any atom is 0.199 e. The summed E-state index contributed by atoms with van der Waals surface area (Å²) in [7, 11) is 0. The third-order valence-corrected chi connectivity index (χ3v) is 3.70. The first-order valence-electron chi connectivity index (χ1n) is 3.44. The van der Waals surface area contributed by atoms with E-state index in [-0.39, 0.29) is 6.10 Å². The minimum Gasteiger partial charge on any atom is -0.283 e. The summed E-state index contributed by atoms with van der Waals surface area (Å²) < 4.78 is 17.7. The monoisotopic (exact) mass is 224 g/mol. The molecule has 0 aromatic carbocycles. The number of halogens is 1. The van der Waals surface area contributed by atoms with Gasteiger partial charge in [0, 0.05) is 0 Å². The number of rotatable bonds is 3. The first kappa shape index (κ1) is 10.2. The van der Waals surface area contributed by atoms with Gasteiger partial charge < -0.3 is 0 Å². The summed E-state index contributed by atoms with van der Waals surface area (Å²) in [6, 6.07) is 3.43. The number of hydrogen-bond acceptors (Lipinski definition) is 3. The molecule has 0 amide bonds. The summed E-state index contributed by atoms with van der Waals surface area (Å²) in [5, 5.41) is 0. The molecule has 1 rings (SSSR count). The molecule has 1 atom stereocenters. The maximum atomic E-state index is 11.3. The second-order valence-electron chi connectivity index (χ2n) is 2.44. The highest BCUT2D eigenvalue weighted by atomic mass is 35.5. The summed E-state index contributed by atoms with van der Waals surface area (Å²) >= 11 is 5.59. The highest BCUT2D eigenvalue weighted by molar-refractivity contribution is 7.82. The Bertz CT molecular complexity index is 283. The molecule has 0 bridgehead atoms. The first-order chi connectivity index (χ1) is 5.59. The molecule has 0 spiro atoms. The molecule has 68 valence electrons. The Balaban J connectivity index is 2.65. The smallest absolute Gasteiger partial charge is 0.199 e. The van der Waals surface area contributed by atoms with Crippen molar-refractivity contribution in [2.24, 2.45) is 0 Å². The van der Waals surface area contributed by atoms with Crippen LogP contribution < -0.4 is 0 Å². The van der Waals surface area contributed by atoms with Crippen LogP contribution in [0, 0.1) is 0 Å². The van der Waals surface area contributed by atoms with Crippen LogP contribution in [-0.4, -0.2) is 10.3 Å². The van der Waals surface area contributed by atoms with E-state index in [0.717, 1.165) is 0 Å². The van der Waals surface area contributed by atoms with Crippen LogP contribution in [-0.2, 0) is 15.3 Å². The second-order valence-corrected chi connectivity index (χ2v) is 5.51. The summed E-state index contributed by atoms with van der Waals surface area (Å²) in [6.45, 7) is 3.68. The van der Waals surface area contributed by atoms with E-state index in [2.05, 4.69) is 0 Å². The van der Waals surface area contributed by atoms with Gasteiger partial charge in [-0.2, -0.15) is 0 Å². The van der Waals surface area contributed by atoms with Gasteiger partial charge in [-0.05, 0) is 26.0 Å². The standard InChI is InChI=1S/C7H9ClO2S2/c1-5(2)10-12(9)7-4-3-6(8)11-7/h3-5H,1-2H3/t12-/m1/s1. The van der Waals surface area contributed by atoms with Gasteiger partial charge >= 0.3 is 0 Å². The van der Waals surface area contributed by atoms with Crippen molar-refractivity contribution in [3.8, 4) is 0 Å². The first-order valence-corrected chi connectivity index (χ1v) is 5.71. The van der Waals surface area contributed by atoms with Crippen LogP contribution in [0.5, 0.6) is 0 Å². The van der Waals surface area contributed by atoms with Gasteiger partial charge in [0.25, 0.3) is 0 Å². The fourth-order valence-electron chi connectivity index (χ4n) is 0.609. The topological polar surface area (TPSA) is 26.3 Å². The fraction of sp³-hybridized carbons (Fsp3) is 0.429. The minimum atomic E-state index is -1.36. The number of hydrogen-bond donors (Lipinski definition) is 0. The van der Waals surface area contributed by atoms with Gasteiger partial charge in [-0.1, -0.05) is 11.6 Å². The van der Waals surface area contributed by atoms with Gasteiger partial charge in [-0.15, -0.1) is 11.3 Å². The Kier molecular flexibility index (Phi) is 3.71. The molecule has 0 fully saturated rings. The van der Waals surface area contributed by atoms with Crippen molar-refractivity contribution in [2.45, 2.75) is 24.2 Å². The SMILES string of the molecule is CC(C)O[S@@](=O)c1ccc(Cl)s1. The third kappa shape index (κ3) is 2.86. The molecule has 0 aliphatic carbocycles. The molecule has 5 heteroatoms. The highest BCUT2D eigenvalue weighted by Gasteiger charge is 2.09. The van der Waals surface area contributed by atoms with Crippen molar-refractivity contribution in [3.63, 3.8) is 0 Å². The molecule has 1 aromatic heterocycles. The van der Waals surface area contributed by atoms with E-state index < -0.39 is 11.1 Å². The Morgan fingerprint density at radius 1 is 1.58 bits per heavy atom. The lowest BCUT2D eigenvalue weighted by Crippen LogP contribution is -2.04. The van der Waals surface area contributed by atoms with E-state index in [1.807, 2.05) is 13.8 Å². The van der Waals surface area contributed by atoms with E-state index in [0.29, 0.717) is 8.55 Å². The lowest BCUT2D eigenvalue weighted by atomic mass is 10.5. The van der Waals surface area contributed by atoms with Crippen LogP contribution in [0.25, 0.3) is 0 Å². The average molecular weight is 225 g/mol. The molecule has 1 heterocycles. The van der Waals surface area contributed by atoms with Crippen molar-refractivity contribution < 1.29 is 8.39 Å². The molecule has 1 aromatic rings. The van der Waals surface area contributed by atoms with Gasteiger partial charge in [-0.3, -0.25) is 4.18 Å². The Morgan fingerprint density at radius 2 is 2.25 bits per heavy atom. The van der Waals surface area contributed by atoms with Crippen LogP contribution in [0.15, 0.2) is 16.3 Å². The fourth-order valence-corrected chi connectivity index (χ4v) is 2.81. The van der Waals surface area contributed by atoms with Crippen LogP contribution >= 0.6 is 22.9 Å². The number of thiophene rings is 1. The van der Waals surface area contributed by atoms with E-state index in [1.54, 1.807) is 12.1 Å². The summed E-state index contributed by atoms with van der Waals surface area (Å²) in [4.78, 5) is 0. The quantitative estimate of drug-likeness (QED) is 0.789. The van der Waals surface area contributed by atoms with Crippen LogP contribution in [0.1, 0.15) is 13.8 Å². The Hall–Kier alpha value is 0.1000. The lowest BCUT2D eigenvalue weighted by Gasteiger charge is -2.02. The Morgan fingerprint density at radius 3 is 2.67 bits per heavy atom. The largest absolute Gasteiger partial charge is 0.283 e. The van der Waals surface area contributed by atoms with E-state index in [9.17, 15) is 4.21 Å². The second kappa shape index (κ2) is 4.37. The summed E-state index contributed by atoms with van der Waals surface area (Å²) in [5.41, 5.74) is 0. The zero-order chi connectivity index (χ0) is 9.14. The summed E-state index contributed by atoms with van der Waals surface area (Å²) in [6.07, 6.45) is -0.0355. The van der Waals surface area contributed by atoms with Gasteiger partial charge in [0.2, 0.25) is 0 Å². The molecular weight excluding hydrogens is 216 g/mol. The van der Waals surface area contributed by atoms with Crippen molar-refractivity contribution in [3.05, 3.63) is 16.5 Å². The molecular formula is C7H9ClO2S2. The van der Waals surface area contributed by atoms with Crippen LogP contribution in [0.3, 0.4) is 0 Å². The van der Waals surface area contributed by atoms with E-state index in [1.165, 1.54) is 11.3 Å². The predicted molar refractivity (Wildman–Crippen MR) is 52.0 cm³/mol. The molecule has 2 nitrogen and oxygen atoms in total. The molecule has 12 heavy (non-hydrogen) atoms. The van der Waals surface area contributed by atoms with Gasteiger partial charge in [0.05, 0.1) is 10.4 Å². The average Bonchev–Trinajstić information content (AvgIpc) is 2.34. The van der Waals surface area contributed by atoms with Gasteiger partial charge in [-0.25, -0.2) is 4.21 Å². The van der Waals surface area contributed by atoms with Crippen molar-refractivity contribution >= 4 is 34.0 Å². The molecule has 0 saturated carbocycles. The lowest BCUT2D eigenvalue weighted by molar-refractivity contribution is 0.270. The Labute approximate surface area is 83.2 Å². The maximum absolute atomic E-state index is 11.3. The minimum absolute atomic E-state index is 0.0355. The predicted octanol–water partition coefficient (Wildman–Crippen LogP) is 2.85. The molecule has 0 aliphatic heterocycles. The molecule has 0 saturated heterocycles. The molecule has 0 aliphatic rings. The van der Waals surface area contributed by atoms with Crippen LogP contribution in [0.4, 0.5) is 0 Å². The zero-order valence-electron chi connectivity index (χ0n) is 6.74. The highest BCUT2D eigenvalue weighted by Crippen LogP contribution is 2.25. The van der Waals surface area contributed by atoms with E-state index in [4.69, 9.17) is 15.8 Å². The normalized spacial score (nSPS) is 13.7. The van der Waals surface area contributed by atoms with Gasteiger partial charge in [0.1, 0.15) is 4.21 Å². The summed E-state index contributed by atoms with van der Waals surface area (Å²) in [5.74, 6) is 0.